The third-order valence-electron chi connectivity index (χ3n) is 5.22. The number of hydroxylamine groups is 1. The summed E-state index contributed by atoms with van der Waals surface area (Å²) < 4.78 is 0. The van der Waals surface area contributed by atoms with Gasteiger partial charge in [0.05, 0.1) is 6.54 Å². The quantitative estimate of drug-likeness (QED) is 0.322. The summed E-state index contributed by atoms with van der Waals surface area (Å²) in [5.74, 6) is -1.04. The van der Waals surface area contributed by atoms with Gasteiger partial charge in [0.2, 0.25) is 0 Å². The maximum Gasteiger partial charge on any atom is 0.324 e. The van der Waals surface area contributed by atoms with Crippen molar-refractivity contribution in [1.82, 2.24) is 20.6 Å². The van der Waals surface area contributed by atoms with Gasteiger partial charge >= 0.3 is 6.03 Å². The van der Waals surface area contributed by atoms with Crippen molar-refractivity contribution >= 4 is 35.3 Å². The number of likely N-dealkylation sites (tertiary alicyclic amines) is 1. The normalized spacial score (nSPS) is 14.3. The van der Waals surface area contributed by atoms with Gasteiger partial charge in [-0.05, 0) is 56.3 Å². The number of nitrogens with zero attached hydrogens (tertiary/aromatic N) is 2. The average molecular weight is 457 g/mol. The van der Waals surface area contributed by atoms with Gasteiger partial charge in [-0.25, -0.2) is 10.3 Å². The molecule has 3 N–H and O–H groups in total. The molecule has 0 saturated carbocycles. The van der Waals surface area contributed by atoms with E-state index in [2.05, 4.69) is 10.2 Å². The van der Waals surface area contributed by atoms with Gasteiger partial charge in [-0.15, -0.1) is 11.3 Å². The van der Waals surface area contributed by atoms with Crippen molar-refractivity contribution < 1.29 is 19.6 Å². The van der Waals surface area contributed by atoms with Crippen molar-refractivity contribution in [2.45, 2.75) is 25.8 Å². The van der Waals surface area contributed by atoms with Gasteiger partial charge in [-0.2, -0.15) is 0 Å². The zero-order chi connectivity index (χ0) is 22.8. The molecule has 1 aromatic heterocycles. The Bertz CT molecular complexity index is 938. The number of rotatable bonds is 8. The number of carbonyl (C=O) groups is 3. The third-order valence-corrected chi connectivity index (χ3v) is 6.25. The van der Waals surface area contributed by atoms with Crippen LogP contribution in [0.5, 0.6) is 0 Å². The van der Waals surface area contributed by atoms with E-state index in [1.807, 2.05) is 18.2 Å². The van der Waals surface area contributed by atoms with Crippen molar-refractivity contribution in [2.75, 3.05) is 26.2 Å². The fraction of sp³-hybridized carbons (Fsp3) is 0.348. The highest BCUT2D eigenvalue weighted by Gasteiger charge is 2.20. The number of hydrogen-bond acceptors (Lipinski definition) is 6. The molecule has 1 aliphatic rings. The van der Waals surface area contributed by atoms with E-state index in [1.165, 1.54) is 36.7 Å². The first-order valence-electron chi connectivity index (χ1n) is 10.6. The second kappa shape index (κ2) is 12.1. The molecule has 0 unspecified atom stereocenters. The highest BCUT2D eigenvalue weighted by atomic mass is 32.1. The van der Waals surface area contributed by atoms with Gasteiger partial charge in [-0.1, -0.05) is 24.6 Å². The molecule has 2 heterocycles. The molecule has 32 heavy (non-hydrogen) atoms. The first-order valence-corrected chi connectivity index (χ1v) is 11.5. The lowest BCUT2D eigenvalue weighted by atomic mass is 10.1. The molecule has 8 nitrogen and oxygen atoms in total. The minimum absolute atomic E-state index is 0.354. The van der Waals surface area contributed by atoms with Crippen LogP contribution in [0, 0.1) is 0 Å². The van der Waals surface area contributed by atoms with Crippen LogP contribution >= 0.6 is 11.3 Å². The van der Waals surface area contributed by atoms with Crippen LogP contribution in [0.15, 0.2) is 48.5 Å². The number of urea groups is 1. The molecule has 4 amide bonds. The van der Waals surface area contributed by atoms with Crippen LogP contribution in [0.1, 0.15) is 39.4 Å². The maximum absolute atomic E-state index is 13.0. The minimum Gasteiger partial charge on any atom is -0.318 e. The van der Waals surface area contributed by atoms with Gasteiger partial charge in [0.25, 0.3) is 11.8 Å². The Morgan fingerprint density at radius 2 is 1.81 bits per heavy atom. The Labute approximate surface area is 191 Å². The lowest BCUT2D eigenvalue weighted by Gasteiger charge is -2.30. The van der Waals surface area contributed by atoms with Crippen LogP contribution in [0.3, 0.4) is 0 Å². The summed E-state index contributed by atoms with van der Waals surface area (Å²) in [6, 6.07) is 12.0. The summed E-state index contributed by atoms with van der Waals surface area (Å²) in [6.45, 7) is 3.66. The van der Waals surface area contributed by atoms with Crippen molar-refractivity contribution in [3.8, 4) is 0 Å². The van der Waals surface area contributed by atoms with E-state index in [1.54, 1.807) is 40.7 Å². The Kier molecular flexibility index (Phi) is 8.97. The molecule has 0 radical (unpaired) electrons. The maximum atomic E-state index is 13.0. The molecule has 1 saturated heterocycles. The van der Waals surface area contributed by atoms with Crippen molar-refractivity contribution in [1.29, 1.82) is 0 Å². The molecule has 1 aromatic carbocycles. The smallest absolute Gasteiger partial charge is 0.318 e. The number of piperidine rings is 1. The molecule has 0 spiro atoms. The first kappa shape index (κ1) is 23.6. The fourth-order valence-electron chi connectivity index (χ4n) is 3.49. The summed E-state index contributed by atoms with van der Waals surface area (Å²) in [5, 5.41) is 11.1. The Morgan fingerprint density at radius 3 is 2.53 bits per heavy atom. The molecule has 3 rings (SSSR count). The Hall–Kier alpha value is -3.01. The van der Waals surface area contributed by atoms with Crippen molar-refractivity contribution in [3.05, 3.63) is 63.9 Å². The number of nitrogens with one attached hydrogen (secondary N) is 2. The van der Waals surface area contributed by atoms with E-state index >= 15 is 0 Å². The van der Waals surface area contributed by atoms with Crippen molar-refractivity contribution in [3.63, 3.8) is 0 Å². The van der Waals surface area contributed by atoms with Crippen LogP contribution in [0.25, 0.3) is 6.08 Å². The number of benzene rings is 1. The highest BCUT2D eigenvalue weighted by Crippen LogP contribution is 2.20. The number of hydrogen-bond donors (Lipinski definition) is 3. The summed E-state index contributed by atoms with van der Waals surface area (Å²) in [5.41, 5.74) is 1.98. The van der Waals surface area contributed by atoms with E-state index in [0.29, 0.717) is 18.7 Å². The molecule has 1 fully saturated rings. The van der Waals surface area contributed by atoms with Gasteiger partial charge in [0.15, 0.2) is 0 Å². The third kappa shape index (κ3) is 7.30. The van der Waals surface area contributed by atoms with Crippen LogP contribution in [-0.2, 0) is 11.3 Å². The summed E-state index contributed by atoms with van der Waals surface area (Å²) >= 11 is 1.44. The fourth-order valence-corrected chi connectivity index (χ4v) is 4.42. The second-order valence-corrected chi connectivity index (χ2v) is 8.76. The van der Waals surface area contributed by atoms with E-state index in [9.17, 15) is 14.4 Å². The second-order valence-electron chi connectivity index (χ2n) is 7.56. The molecular weight excluding hydrogens is 428 g/mol. The predicted molar refractivity (Wildman–Crippen MR) is 123 cm³/mol. The van der Waals surface area contributed by atoms with Gasteiger partial charge in [-0.3, -0.25) is 20.1 Å². The van der Waals surface area contributed by atoms with Gasteiger partial charge in [0, 0.05) is 34.5 Å². The number of carbonyl (C=O) groups excluding carboxylic acids is 3. The van der Waals surface area contributed by atoms with E-state index in [4.69, 9.17) is 5.21 Å². The summed E-state index contributed by atoms with van der Waals surface area (Å²) in [4.78, 5) is 42.3. The molecule has 170 valence electrons. The van der Waals surface area contributed by atoms with E-state index in [0.717, 1.165) is 29.4 Å². The zero-order valence-electron chi connectivity index (χ0n) is 17.8. The molecular formula is C23H28N4O4S. The topological polar surface area (TPSA) is 102 Å². The first-order chi connectivity index (χ1) is 15.5. The molecule has 1 aliphatic heterocycles. The lowest BCUT2D eigenvalue weighted by molar-refractivity contribution is -0.124. The SMILES string of the molecule is O=C(/C=C/c1ccc(CN(CCN2CCCCC2)C(=O)NC(=O)c2ccccc2)s1)NO. The predicted octanol–water partition coefficient (Wildman–Crippen LogP) is 3.10. The Balaban J connectivity index is 1.66. The standard InChI is InChI=1S/C23H28N4O4S/c28-21(25-31)12-11-19-9-10-20(32-19)17-27(16-15-26-13-5-2-6-14-26)23(30)24-22(29)18-7-3-1-4-8-18/h1,3-4,7-12,31H,2,5-6,13-17H2,(H,25,28)(H,24,29,30)/b12-11+. The molecule has 0 atom stereocenters. The van der Waals surface area contributed by atoms with E-state index in [-0.39, 0.29) is 0 Å². The lowest BCUT2D eigenvalue weighted by Crippen LogP contribution is -2.46. The van der Waals surface area contributed by atoms with Crippen LogP contribution in [0.2, 0.25) is 0 Å². The largest absolute Gasteiger partial charge is 0.324 e. The summed E-state index contributed by atoms with van der Waals surface area (Å²) in [6.07, 6.45) is 6.40. The van der Waals surface area contributed by atoms with Gasteiger partial charge < -0.3 is 9.80 Å². The molecule has 0 aliphatic carbocycles. The van der Waals surface area contributed by atoms with Crippen LogP contribution in [-0.4, -0.2) is 59.0 Å². The zero-order valence-corrected chi connectivity index (χ0v) is 18.6. The summed E-state index contributed by atoms with van der Waals surface area (Å²) in [7, 11) is 0. The highest BCUT2D eigenvalue weighted by molar-refractivity contribution is 7.12. The average Bonchev–Trinajstić information content (AvgIpc) is 3.28. The van der Waals surface area contributed by atoms with Crippen LogP contribution < -0.4 is 10.8 Å². The van der Waals surface area contributed by atoms with Crippen molar-refractivity contribution in [2.24, 2.45) is 0 Å². The number of imide groups is 1. The number of thiophene rings is 1. The molecule has 0 bridgehead atoms. The molecule has 9 heteroatoms. The van der Waals surface area contributed by atoms with Crippen LogP contribution in [0.4, 0.5) is 4.79 Å². The monoisotopic (exact) mass is 456 g/mol. The molecule has 2 aromatic rings. The minimum atomic E-state index is -0.609. The van der Waals surface area contributed by atoms with Gasteiger partial charge in [0.1, 0.15) is 0 Å². The number of amides is 4. The Morgan fingerprint density at radius 1 is 1.06 bits per heavy atom. The van der Waals surface area contributed by atoms with E-state index < -0.39 is 17.8 Å².